The highest BCUT2D eigenvalue weighted by molar-refractivity contribution is 6.31. The minimum absolute atomic E-state index is 0.149. The van der Waals surface area contributed by atoms with Crippen LogP contribution in [0.4, 0.5) is 5.69 Å². The number of carbonyl (C=O) groups excluding carboxylic acids is 1. The van der Waals surface area contributed by atoms with E-state index in [2.05, 4.69) is 4.90 Å². The second kappa shape index (κ2) is 5.41. The van der Waals surface area contributed by atoms with Crippen LogP contribution in [0.3, 0.4) is 0 Å². The molecule has 22 heavy (non-hydrogen) atoms. The number of nitrogens with zero attached hydrogens (tertiary/aromatic N) is 2. The summed E-state index contributed by atoms with van der Waals surface area (Å²) in [5.74, 6) is 0.151. The van der Waals surface area contributed by atoms with Crippen molar-refractivity contribution in [2.24, 2.45) is 0 Å². The minimum Gasteiger partial charge on any atom is -0.294 e. The monoisotopic (exact) mass is 312 g/mol. The normalized spacial score (nSPS) is 24.8. The molecule has 112 valence electrons. The van der Waals surface area contributed by atoms with Crippen LogP contribution in [0.2, 0.25) is 5.02 Å². The highest BCUT2D eigenvalue weighted by Gasteiger charge is 2.49. The zero-order chi connectivity index (χ0) is 15.1. The van der Waals surface area contributed by atoms with Crippen LogP contribution in [0.15, 0.2) is 54.6 Å². The van der Waals surface area contributed by atoms with Crippen molar-refractivity contribution in [2.75, 3.05) is 11.4 Å². The van der Waals surface area contributed by atoms with E-state index in [9.17, 15) is 4.79 Å². The number of carbonyl (C=O) groups is 1. The third-order valence-electron chi connectivity index (χ3n) is 4.56. The van der Waals surface area contributed by atoms with E-state index < -0.39 is 0 Å². The summed E-state index contributed by atoms with van der Waals surface area (Å²) in [5, 5.41) is 0.665. The molecule has 0 N–H and O–H groups in total. The molecule has 0 radical (unpaired) electrons. The fourth-order valence-corrected chi connectivity index (χ4v) is 3.85. The predicted molar refractivity (Wildman–Crippen MR) is 87.8 cm³/mol. The Morgan fingerprint density at radius 3 is 2.64 bits per heavy atom. The molecule has 2 aromatic carbocycles. The molecule has 4 heteroatoms. The van der Waals surface area contributed by atoms with Gasteiger partial charge in [-0.15, -0.1) is 0 Å². The molecule has 2 saturated heterocycles. The van der Waals surface area contributed by atoms with Crippen molar-refractivity contribution in [2.45, 2.75) is 25.0 Å². The summed E-state index contributed by atoms with van der Waals surface area (Å²) in [7, 11) is 0. The number of hydrogen-bond acceptors (Lipinski definition) is 2. The minimum atomic E-state index is -0.173. The molecule has 2 heterocycles. The summed E-state index contributed by atoms with van der Waals surface area (Å²) in [4.78, 5) is 17.3. The number of amides is 1. The summed E-state index contributed by atoms with van der Waals surface area (Å²) in [6.07, 6.45) is 2.29. The maximum Gasteiger partial charge on any atom is 0.250 e. The molecule has 2 aliphatic rings. The van der Waals surface area contributed by atoms with Crippen LogP contribution in [0, 0.1) is 0 Å². The van der Waals surface area contributed by atoms with E-state index in [0.717, 1.165) is 30.6 Å². The van der Waals surface area contributed by atoms with Gasteiger partial charge in [-0.25, -0.2) is 0 Å². The Morgan fingerprint density at radius 1 is 1.05 bits per heavy atom. The van der Waals surface area contributed by atoms with Crippen molar-refractivity contribution in [1.29, 1.82) is 0 Å². The lowest BCUT2D eigenvalue weighted by Crippen LogP contribution is -2.35. The van der Waals surface area contributed by atoms with Crippen LogP contribution in [0.1, 0.15) is 24.4 Å². The first-order valence-electron chi connectivity index (χ1n) is 7.65. The van der Waals surface area contributed by atoms with Gasteiger partial charge >= 0.3 is 0 Å². The third kappa shape index (κ3) is 2.13. The Morgan fingerprint density at radius 2 is 1.86 bits per heavy atom. The van der Waals surface area contributed by atoms with Crippen molar-refractivity contribution >= 4 is 23.2 Å². The Kier molecular flexibility index (Phi) is 3.40. The Bertz CT molecular complexity index is 703. The fourth-order valence-electron chi connectivity index (χ4n) is 3.67. The molecule has 0 aliphatic carbocycles. The molecule has 0 unspecified atom stereocenters. The van der Waals surface area contributed by atoms with Gasteiger partial charge in [-0.05, 0) is 36.6 Å². The Labute approximate surface area is 135 Å². The van der Waals surface area contributed by atoms with E-state index in [0.29, 0.717) is 5.02 Å². The second-order valence-electron chi connectivity index (χ2n) is 5.86. The molecule has 0 aromatic heterocycles. The van der Waals surface area contributed by atoms with Crippen LogP contribution in [0.25, 0.3) is 0 Å². The molecule has 0 bridgehead atoms. The van der Waals surface area contributed by atoms with Gasteiger partial charge < -0.3 is 0 Å². The number of halogens is 1. The summed E-state index contributed by atoms with van der Waals surface area (Å²) >= 11 is 6.12. The van der Waals surface area contributed by atoms with Crippen molar-refractivity contribution in [3.8, 4) is 0 Å². The highest BCUT2D eigenvalue weighted by Crippen LogP contribution is 2.41. The summed E-state index contributed by atoms with van der Waals surface area (Å²) in [5.41, 5.74) is 1.97. The molecule has 2 aromatic rings. The predicted octanol–water partition coefficient (Wildman–Crippen LogP) is 3.85. The molecule has 2 fully saturated rings. The topological polar surface area (TPSA) is 23.6 Å². The van der Waals surface area contributed by atoms with Gasteiger partial charge in [0.1, 0.15) is 6.04 Å². The number of anilines is 1. The third-order valence-corrected chi connectivity index (χ3v) is 4.80. The van der Waals surface area contributed by atoms with Crippen LogP contribution >= 0.6 is 11.6 Å². The van der Waals surface area contributed by atoms with E-state index in [1.165, 1.54) is 0 Å². The Balaban J connectivity index is 1.76. The maximum atomic E-state index is 13.1. The van der Waals surface area contributed by atoms with E-state index >= 15 is 0 Å². The van der Waals surface area contributed by atoms with E-state index in [-0.39, 0.29) is 18.1 Å². The standard InChI is InChI=1S/C18H17ClN2O/c19-14-8-4-9-15(12-14)21-16-10-5-11-20(16)17(18(21)22)13-6-2-1-3-7-13/h1-4,6-9,12,16-17H,5,10-11H2/t16-,17+/m0/s1. The number of fused-ring (bicyclic) bond motifs is 1. The molecule has 0 saturated carbocycles. The molecule has 0 spiro atoms. The van der Waals surface area contributed by atoms with Crippen LogP contribution < -0.4 is 4.90 Å². The summed E-state index contributed by atoms with van der Waals surface area (Å²) in [6, 6.07) is 17.5. The van der Waals surface area contributed by atoms with Gasteiger partial charge in [-0.1, -0.05) is 48.0 Å². The molecular formula is C18H17ClN2O. The van der Waals surface area contributed by atoms with Crippen molar-refractivity contribution < 1.29 is 4.79 Å². The first-order valence-corrected chi connectivity index (χ1v) is 8.03. The molecule has 4 rings (SSSR count). The van der Waals surface area contributed by atoms with E-state index in [4.69, 9.17) is 11.6 Å². The second-order valence-corrected chi connectivity index (χ2v) is 6.30. The first-order chi connectivity index (χ1) is 10.8. The fraction of sp³-hybridized carbons (Fsp3) is 0.278. The summed E-state index contributed by atoms with van der Waals surface area (Å²) in [6.45, 7) is 0.965. The lowest BCUT2D eigenvalue weighted by molar-refractivity contribution is -0.119. The van der Waals surface area contributed by atoms with Gasteiger partial charge in [-0.3, -0.25) is 14.6 Å². The molecule has 1 amide bonds. The van der Waals surface area contributed by atoms with Gasteiger partial charge in [-0.2, -0.15) is 0 Å². The SMILES string of the molecule is O=C1[C@@H](c2ccccc2)N2CCC[C@@H]2N1c1cccc(Cl)c1. The largest absolute Gasteiger partial charge is 0.294 e. The van der Waals surface area contributed by atoms with Gasteiger partial charge in [0.25, 0.3) is 0 Å². The summed E-state index contributed by atoms with van der Waals surface area (Å²) < 4.78 is 0. The van der Waals surface area contributed by atoms with Crippen LogP contribution in [0.5, 0.6) is 0 Å². The zero-order valence-corrected chi connectivity index (χ0v) is 12.9. The van der Waals surface area contributed by atoms with E-state index in [1.54, 1.807) is 0 Å². The van der Waals surface area contributed by atoms with Gasteiger partial charge in [0.05, 0.1) is 6.17 Å². The average Bonchev–Trinajstić information content (AvgIpc) is 3.07. The Hall–Kier alpha value is -1.84. The molecular weight excluding hydrogens is 296 g/mol. The lowest BCUT2D eigenvalue weighted by Gasteiger charge is -2.24. The quantitative estimate of drug-likeness (QED) is 0.841. The van der Waals surface area contributed by atoms with Gasteiger partial charge in [0.2, 0.25) is 5.91 Å². The molecule has 3 nitrogen and oxygen atoms in total. The highest BCUT2D eigenvalue weighted by atomic mass is 35.5. The molecule has 2 atom stereocenters. The van der Waals surface area contributed by atoms with Crippen molar-refractivity contribution in [3.63, 3.8) is 0 Å². The first kappa shape index (κ1) is 13.8. The maximum absolute atomic E-state index is 13.1. The van der Waals surface area contributed by atoms with Gasteiger partial charge in [0, 0.05) is 17.3 Å². The molecule has 2 aliphatic heterocycles. The van der Waals surface area contributed by atoms with Crippen molar-refractivity contribution in [3.05, 3.63) is 65.2 Å². The van der Waals surface area contributed by atoms with Crippen LogP contribution in [-0.2, 0) is 4.79 Å². The number of benzene rings is 2. The number of rotatable bonds is 2. The van der Waals surface area contributed by atoms with E-state index in [1.807, 2.05) is 59.5 Å². The lowest BCUT2D eigenvalue weighted by atomic mass is 10.1. The number of hydrogen-bond donors (Lipinski definition) is 0. The zero-order valence-electron chi connectivity index (χ0n) is 12.2. The average molecular weight is 313 g/mol. The smallest absolute Gasteiger partial charge is 0.250 e. The van der Waals surface area contributed by atoms with Crippen LogP contribution in [-0.4, -0.2) is 23.5 Å². The van der Waals surface area contributed by atoms with Crippen molar-refractivity contribution in [1.82, 2.24) is 4.90 Å². The van der Waals surface area contributed by atoms with Gasteiger partial charge in [0.15, 0.2) is 0 Å².